The first-order chi connectivity index (χ1) is 15.2. The third-order valence-electron chi connectivity index (χ3n) is 5.20. The first-order valence-electron chi connectivity index (χ1n) is 9.95. The summed E-state index contributed by atoms with van der Waals surface area (Å²) in [5.74, 6) is 0.826. The summed E-state index contributed by atoms with van der Waals surface area (Å²) in [4.78, 5) is 28.0. The Morgan fingerprint density at radius 1 is 0.903 bits per heavy atom. The molecule has 0 unspecified atom stereocenters. The number of rotatable bonds is 4. The fourth-order valence-corrected chi connectivity index (χ4v) is 3.62. The summed E-state index contributed by atoms with van der Waals surface area (Å²) in [5.41, 5.74) is 1.38. The number of nitrogens with zero attached hydrogens (tertiary/aromatic N) is 1. The number of hydrogen-bond acceptors (Lipinski definition) is 5. The van der Waals surface area contributed by atoms with E-state index in [1.807, 2.05) is 48.5 Å². The Balaban J connectivity index is 1.49. The number of carbonyl (C=O) groups is 1. The second-order valence-electron chi connectivity index (χ2n) is 7.21. The molecule has 0 saturated carbocycles. The lowest BCUT2D eigenvalue weighted by Crippen LogP contribution is -2.46. The van der Waals surface area contributed by atoms with Crippen LogP contribution in [-0.4, -0.2) is 18.6 Å². The van der Waals surface area contributed by atoms with Gasteiger partial charge < -0.3 is 18.8 Å². The number of amides is 1. The van der Waals surface area contributed by atoms with E-state index < -0.39 is 6.10 Å². The first kappa shape index (κ1) is 18.9. The molecule has 0 N–H and O–H groups in total. The van der Waals surface area contributed by atoms with Crippen molar-refractivity contribution in [2.75, 3.05) is 11.5 Å². The topological polar surface area (TPSA) is 69.0 Å². The van der Waals surface area contributed by atoms with Gasteiger partial charge in [-0.2, -0.15) is 0 Å². The Kier molecular flexibility index (Phi) is 4.88. The summed E-state index contributed by atoms with van der Waals surface area (Å²) in [6.45, 7) is 0.142. The van der Waals surface area contributed by atoms with Gasteiger partial charge >= 0.3 is 0 Å². The van der Waals surface area contributed by atoms with Crippen molar-refractivity contribution in [3.8, 4) is 11.5 Å². The summed E-state index contributed by atoms with van der Waals surface area (Å²) in [6, 6.07) is 23.5. The van der Waals surface area contributed by atoms with Gasteiger partial charge in [-0.05, 0) is 36.4 Å². The van der Waals surface area contributed by atoms with Crippen molar-refractivity contribution in [2.24, 2.45) is 0 Å². The van der Waals surface area contributed by atoms with Gasteiger partial charge in [0.2, 0.25) is 6.10 Å². The van der Waals surface area contributed by atoms with Crippen molar-refractivity contribution in [3.63, 3.8) is 0 Å². The molecule has 3 aromatic carbocycles. The average Bonchev–Trinajstić information content (AvgIpc) is 2.84. The molecule has 0 fully saturated rings. The Labute approximate surface area is 178 Å². The minimum atomic E-state index is -0.831. The highest BCUT2D eigenvalue weighted by atomic mass is 16.6. The third kappa shape index (κ3) is 3.64. The lowest BCUT2D eigenvalue weighted by atomic mass is 10.1. The minimum absolute atomic E-state index is 0.0531. The molecule has 5 rings (SSSR count). The van der Waals surface area contributed by atoms with Crippen LogP contribution in [0.1, 0.15) is 5.56 Å². The van der Waals surface area contributed by atoms with E-state index in [4.69, 9.17) is 13.9 Å². The van der Waals surface area contributed by atoms with Crippen LogP contribution < -0.4 is 19.8 Å². The fourth-order valence-electron chi connectivity index (χ4n) is 3.62. The van der Waals surface area contributed by atoms with E-state index in [9.17, 15) is 9.59 Å². The van der Waals surface area contributed by atoms with Crippen LogP contribution in [0, 0.1) is 0 Å². The standard InChI is InChI=1S/C25H19NO5/c27-24-17(15-29-20-11-5-4-10-19(20)24)14-26(18-8-2-1-3-9-18)25(28)23-16-30-21-12-6-7-13-22(21)31-23/h1-13,15,23H,14,16H2/t23-/m1/s1. The van der Waals surface area contributed by atoms with Crippen molar-refractivity contribution >= 4 is 22.6 Å². The highest BCUT2D eigenvalue weighted by Crippen LogP contribution is 2.32. The molecule has 1 aliphatic heterocycles. The minimum Gasteiger partial charge on any atom is -0.485 e. The molecule has 1 amide bonds. The van der Waals surface area contributed by atoms with E-state index in [1.165, 1.54) is 11.2 Å². The maximum Gasteiger partial charge on any atom is 0.271 e. The van der Waals surface area contributed by atoms with Gasteiger partial charge in [0, 0.05) is 5.69 Å². The third-order valence-corrected chi connectivity index (χ3v) is 5.20. The second kappa shape index (κ2) is 7.99. The molecule has 0 spiro atoms. The molecule has 1 aliphatic rings. The Bertz CT molecular complexity index is 1300. The molecule has 1 atom stereocenters. The molecular weight excluding hydrogens is 394 g/mol. The fraction of sp³-hybridized carbons (Fsp3) is 0.120. The van der Waals surface area contributed by atoms with E-state index in [1.54, 1.807) is 30.3 Å². The number of anilines is 1. The van der Waals surface area contributed by atoms with Crippen LogP contribution in [-0.2, 0) is 11.3 Å². The molecule has 154 valence electrons. The van der Waals surface area contributed by atoms with Crippen LogP contribution in [0.5, 0.6) is 11.5 Å². The van der Waals surface area contributed by atoms with Crippen molar-refractivity contribution in [1.82, 2.24) is 0 Å². The normalized spacial score (nSPS) is 14.9. The largest absolute Gasteiger partial charge is 0.485 e. The van der Waals surface area contributed by atoms with Crippen LogP contribution >= 0.6 is 0 Å². The predicted molar refractivity (Wildman–Crippen MR) is 116 cm³/mol. The van der Waals surface area contributed by atoms with Crippen molar-refractivity contribution in [2.45, 2.75) is 12.6 Å². The lowest BCUT2D eigenvalue weighted by Gasteiger charge is -2.30. The van der Waals surface area contributed by atoms with Gasteiger partial charge in [0.15, 0.2) is 16.9 Å². The van der Waals surface area contributed by atoms with Crippen LogP contribution in [0.3, 0.4) is 0 Å². The second-order valence-corrected chi connectivity index (χ2v) is 7.21. The highest BCUT2D eigenvalue weighted by molar-refractivity contribution is 5.97. The Morgan fingerprint density at radius 3 is 2.45 bits per heavy atom. The van der Waals surface area contributed by atoms with Gasteiger partial charge in [0.1, 0.15) is 12.2 Å². The molecule has 0 aliphatic carbocycles. The number of benzene rings is 3. The van der Waals surface area contributed by atoms with Crippen molar-refractivity contribution < 1.29 is 18.7 Å². The number of para-hydroxylation sites is 4. The van der Waals surface area contributed by atoms with Gasteiger partial charge in [-0.1, -0.05) is 42.5 Å². The van der Waals surface area contributed by atoms with Crippen LogP contribution in [0.25, 0.3) is 11.0 Å². The number of fused-ring (bicyclic) bond motifs is 2. The Hall–Kier alpha value is -4.06. The number of carbonyl (C=O) groups excluding carboxylic acids is 1. The van der Waals surface area contributed by atoms with E-state index >= 15 is 0 Å². The zero-order chi connectivity index (χ0) is 21.2. The summed E-state index contributed by atoms with van der Waals surface area (Å²) >= 11 is 0. The maximum absolute atomic E-state index is 13.5. The van der Waals surface area contributed by atoms with E-state index in [0.29, 0.717) is 33.7 Å². The molecular formula is C25H19NO5. The molecule has 0 saturated heterocycles. The number of hydrogen-bond donors (Lipinski definition) is 0. The SMILES string of the molecule is O=C([C@H]1COc2ccccc2O1)N(Cc1coc2ccccc2c1=O)c1ccccc1. The van der Waals surface area contributed by atoms with E-state index in [0.717, 1.165) is 0 Å². The molecule has 0 bridgehead atoms. The zero-order valence-corrected chi connectivity index (χ0v) is 16.6. The monoisotopic (exact) mass is 413 g/mol. The molecule has 4 aromatic rings. The summed E-state index contributed by atoms with van der Waals surface area (Å²) < 4.78 is 17.3. The van der Waals surface area contributed by atoms with Crippen molar-refractivity contribution in [1.29, 1.82) is 0 Å². The zero-order valence-electron chi connectivity index (χ0n) is 16.6. The molecule has 6 nitrogen and oxygen atoms in total. The van der Waals surface area contributed by atoms with Gasteiger partial charge in [0.05, 0.1) is 23.8 Å². The van der Waals surface area contributed by atoms with Gasteiger partial charge in [0.25, 0.3) is 5.91 Å². The Morgan fingerprint density at radius 2 is 1.61 bits per heavy atom. The molecule has 0 radical (unpaired) electrons. The van der Waals surface area contributed by atoms with Crippen LogP contribution in [0.15, 0.2) is 94.3 Å². The van der Waals surface area contributed by atoms with Crippen LogP contribution in [0.2, 0.25) is 0 Å². The number of ether oxygens (including phenoxy) is 2. The molecule has 1 aromatic heterocycles. The molecule has 2 heterocycles. The quantitative estimate of drug-likeness (QED) is 0.502. The smallest absolute Gasteiger partial charge is 0.271 e. The van der Waals surface area contributed by atoms with Gasteiger partial charge in [-0.3, -0.25) is 9.59 Å². The van der Waals surface area contributed by atoms with Crippen LogP contribution in [0.4, 0.5) is 5.69 Å². The molecule has 31 heavy (non-hydrogen) atoms. The predicted octanol–water partition coefficient (Wildman–Crippen LogP) is 4.17. The van der Waals surface area contributed by atoms with E-state index in [2.05, 4.69) is 0 Å². The average molecular weight is 413 g/mol. The van der Waals surface area contributed by atoms with E-state index in [-0.39, 0.29) is 24.5 Å². The highest BCUT2D eigenvalue weighted by Gasteiger charge is 2.32. The lowest BCUT2D eigenvalue weighted by molar-refractivity contribution is -0.127. The summed E-state index contributed by atoms with van der Waals surface area (Å²) in [7, 11) is 0. The summed E-state index contributed by atoms with van der Waals surface area (Å²) in [6.07, 6.45) is 0.587. The van der Waals surface area contributed by atoms with Gasteiger partial charge in [-0.15, -0.1) is 0 Å². The first-order valence-corrected chi connectivity index (χ1v) is 9.95. The molecule has 6 heteroatoms. The van der Waals surface area contributed by atoms with Crippen molar-refractivity contribution in [3.05, 3.63) is 101 Å². The van der Waals surface area contributed by atoms with Gasteiger partial charge in [-0.25, -0.2) is 0 Å². The summed E-state index contributed by atoms with van der Waals surface area (Å²) in [5, 5.41) is 0.478. The maximum atomic E-state index is 13.5.